The molecule has 0 atom stereocenters. The highest BCUT2D eigenvalue weighted by Crippen LogP contribution is 2.33. The molecule has 2 N–H and O–H groups in total. The van der Waals surface area contributed by atoms with Gasteiger partial charge in [0.1, 0.15) is 5.69 Å². The molecular weight excluding hydrogens is 371 g/mol. The number of aromatic amines is 1. The fourth-order valence-corrected chi connectivity index (χ4v) is 3.53. The first-order valence-corrected chi connectivity index (χ1v) is 8.83. The number of hydrogen-bond acceptors (Lipinski definition) is 3. The van der Waals surface area contributed by atoms with Gasteiger partial charge in [0.15, 0.2) is 0 Å². The standard InChI is InChI=1S/C19H14Cl2N4O/c20-13-7-5-12(16(21)9-13)10-22-25-19(26)18-15-8-6-11-3-1-2-4-14(11)17(15)23-24-18/h1-5,7,9-10H,6,8H2,(H,23,24)(H,25,26)/b22-10+. The van der Waals surface area contributed by atoms with Crippen molar-refractivity contribution in [3.8, 4) is 11.3 Å². The van der Waals surface area contributed by atoms with Gasteiger partial charge in [-0.15, -0.1) is 0 Å². The minimum Gasteiger partial charge on any atom is -0.272 e. The second-order valence-corrected chi connectivity index (χ2v) is 6.79. The van der Waals surface area contributed by atoms with Gasteiger partial charge in [-0.2, -0.15) is 10.2 Å². The minimum atomic E-state index is -0.334. The van der Waals surface area contributed by atoms with Crippen LogP contribution in [0.25, 0.3) is 11.3 Å². The summed E-state index contributed by atoms with van der Waals surface area (Å²) in [6.07, 6.45) is 3.12. The Labute approximate surface area is 160 Å². The first-order valence-electron chi connectivity index (χ1n) is 8.07. The van der Waals surface area contributed by atoms with Crippen LogP contribution in [0.4, 0.5) is 0 Å². The monoisotopic (exact) mass is 384 g/mol. The zero-order valence-corrected chi connectivity index (χ0v) is 15.1. The molecule has 7 heteroatoms. The van der Waals surface area contributed by atoms with E-state index >= 15 is 0 Å². The summed E-state index contributed by atoms with van der Waals surface area (Å²) >= 11 is 11.9. The van der Waals surface area contributed by atoms with Gasteiger partial charge in [0.05, 0.1) is 16.9 Å². The third-order valence-electron chi connectivity index (χ3n) is 4.34. The number of benzene rings is 2. The van der Waals surface area contributed by atoms with E-state index in [2.05, 4.69) is 26.8 Å². The lowest BCUT2D eigenvalue weighted by Gasteiger charge is -2.15. The van der Waals surface area contributed by atoms with Crippen molar-refractivity contribution in [1.82, 2.24) is 15.6 Å². The second kappa shape index (κ2) is 6.94. The molecule has 0 saturated heterocycles. The minimum absolute atomic E-state index is 0.334. The first kappa shape index (κ1) is 16.8. The number of hydrazone groups is 1. The van der Waals surface area contributed by atoms with Gasteiger partial charge in [-0.1, -0.05) is 53.5 Å². The number of H-pyrrole nitrogens is 1. The van der Waals surface area contributed by atoms with Gasteiger partial charge in [-0.05, 0) is 30.5 Å². The Kier molecular flexibility index (Phi) is 4.49. The number of carbonyl (C=O) groups excluding carboxylic acids is 1. The summed E-state index contributed by atoms with van der Waals surface area (Å²) < 4.78 is 0. The molecule has 5 nitrogen and oxygen atoms in total. The predicted molar refractivity (Wildman–Crippen MR) is 103 cm³/mol. The highest BCUT2D eigenvalue weighted by atomic mass is 35.5. The van der Waals surface area contributed by atoms with Gasteiger partial charge in [0, 0.05) is 21.7 Å². The quantitative estimate of drug-likeness (QED) is 0.523. The fourth-order valence-electron chi connectivity index (χ4n) is 3.07. The molecule has 1 amide bonds. The van der Waals surface area contributed by atoms with Gasteiger partial charge < -0.3 is 0 Å². The van der Waals surface area contributed by atoms with Crippen LogP contribution < -0.4 is 5.43 Å². The van der Waals surface area contributed by atoms with E-state index in [9.17, 15) is 4.79 Å². The molecule has 1 aliphatic carbocycles. The number of hydrogen-bond donors (Lipinski definition) is 2. The summed E-state index contributed by atoms with van der Waals surface area (Å²) in [5, 5.41) is 12.2. The number of halogens is 2. The van der Waals surface area contributed by atoms with E-state index < -0.39 is 0 Å². The second-order valence-electron chi connectivity index (χ2n) is 5.95. The lowest BCUT2D eigenvalue weighted by atomic mass is 9.89. The lowest BCUT2D eigenvalue weighted by molar-refractivity contribution is 0.0949. The number of nitrogens with zero attached hydrogens (tertiary/aromatic N) is 2. The molecule has 26 heavy (non-hydrogen) atoms. The van der Waals surface area contributed by atoms with Crippen LogP contribution in [0.3, 0.4) is 0 Å². The van der Waals surface area contributed by atoms with Gasteiger partial charge in [0.2, 0.25) is 0 Å². The van der Waals surface area contributed by atoms with E-state index in [-0.39, 0.29) is 5.91 Å². The third-order valence-corrected chi connectivity index (χ3v) is 4.91. The molecular formula is C19H14Cl2N4O. The number of carbonyl (C=O) groups is 1. The maximum absolute atomic E-state index is 12.5. The number of aromatic nitrogens is 2. The Balaban J connectivity index is 1.54. The smallest absolute Gasteiger partial charge is 0.272 e. The normalized spacial score (nSPS) is 12.7. The average Bonchev–Trinajstić information content (AvgIpc) is 3.08. The van der Waals surface area contributed by atoms with Gasteiger partial charge in [-0.25, -0.2) is 5.43 Å². The Morgan fingerprint density at radius 2 is 2.04 bits per heavy atom. The summed E-state index contributed by atoms with van der Waals surface area (Å²) in [7, 11) is 0. The summed E-state index contributed by atoms with van der Waals surface area (Å²) in [5.41, 5.74) is 7.69. The molecule has 0 saturated carbocycles. The van der Waals surface area contributed by atoms with Crippen molar-refractivity contribution >= 4 is 35.3 Å². The fraction of sp³-hybridized carbons (Fsp3) is 0.105. The van der Waals surface area contributed by atoms with Crippen molar-refractivity contribution in [3.63, 3.8) is 0 Å². The summed E-state index contributed by atoms with van der Waals surface area (Å²) in [6.45, 7) is 0. The third kappa shape index (κ3) is 3.11. The molecule has 0 fully saturated rings. The zero-order valence-electron chi connectivity index (χ0n) is 13.6. The lowest BCUT2D eigenvalue weighted by Crippen LogP contribution is -2.20. The van der Waals surface area contributed by atoms with Crippen molar-refractivity contribution in [2.45, 2.75) is 12.8 Å². The van der Waals surface area contributed by atoms with Gasteiger partial charge in [0.25, 0.3) is 5.91 Å². The topological polar surface area (TPSA) is 70.1 Å². The Morgan fingerprint density at radius 1 is 1.19 bits per heavy atom. The molecule has 2 aromatic carbocycles. The number of nitrogens with one attached hydrogen (secondary N) is 2. The number of amides is 1. The molecule has 0 aliphatic heterocycles. The van der Waals surface area contributed by atoms with Crippen molar-refractivity contribution in [1.29, 1.82) is 0 Å². The number of aryl methyl sites for hydroxylation is 1. The SMILES string of the molecule is O=C(N/N=C/c1ccc(Cl)cc1Cl)c1[nH]nc2c1CCc1ccccc1-2. The van der Waals surface area contributed by atoms with Crippen molar-refractivity contribution < 1.29 is 4.79 Å². The molecule has 1 aromatic heterocycles. The number of rotatable bonds is 3. The first-order chi connectivity index (χ1) is 12.6. The molecule has 3 aromatic rings. The van der Waals surface area contributed by atoms with E-state index in [4.69, 9.17) is 23.2 Å². The summed E-state index contributed by atoms with van der Waals surface area (Å²) in [5.74, 6) is -0.334. The highest BCUT2D eigenvalue weighted by molar-refractivity contribution is 6.36. The van der Waals surface area contributed by atoms with E-state index in [0.717, 1.165) is 29.7 Å². The van der Waals surface area contributed by atoms with E-state index in [1.165, 1.54) is 11.8 Å². The van der Waals surface area contributed by atoms with Gasteiger partial charge in [-0.3, -0.25) is 9.89 Å². The maximum Gasteiger partial charge on any atom is 0.289 e. The van der Waals surface area contributed by atoms with Crippen molar-refractivity contribution in [3.05, 3.63) is 74.9 Å². The Bertz CT molecular complexity index is 1030. The van der Waals surface area contributed by atoms with Crippen LogP contribution in [0.15, 0.2) is 47.6 Å². The van der Waals surface area contributed by atoms with Crippen LogP contribution in [0.5, 0.6) is 0 Å². The molecule has 0 radical (unpaired) electrons. The largest absolute Gasteiger partial charge is 0.289 e. The van der Waals surface area contributed by atoms with Crippen LogP contribution in [0.2, 0.25) is 10.0 Å². The molecule has 4 rings (SSSR count). The highest BCUT2D eigenvalue weighted by Gasteiger charge is 2.24. The molecule has 0 spiro atoms. The predicted octanol–water partition coefficient (Wildman–Crippen LogP) is 4.25. The molecule has 1 heterocycles. The van der Waals surface area contributed by atoms with Crippen LogP contribution in [0, 0.1) is 0 Å². The van der Waals surface area contributed by atoms with Crippen LogP contribution >= 0.6 is 23.2 Å². The van der Waals surface area contributed by atoms with E-state index in [0.29, 0.717) is 21.3 Å². The summed E-state index contributed by atoms with van der Waals surface area (Å²) in [6, 6.07) is 13.2. The molecule has 0 bridgehead atoms. The zero-order chi connectivity index (χ0) is 18.1. The number of fused-ring (bicyclic) bond motifs is 3. The maximum atomic E-state index is 12.5. The van der Waals surface area contributed by atoms with Crippen molar-refractivity contribution in [2.75, 3.05) is 0 Å². The molecule has 1 aliphatic rings. The van der Waals surface area contributed by atoms with E-state index in [1.54, 1.807) is 18.2 Å². The van der Waals surface area contributed by atoms with Crippen molar-refractivity contribution in [2.24, 2.45) is 5.10 Å². The summed E-state index contributed by atoms with van der Waals surface area (Å²) in [4.78, 5) is 12.5. The molecule has 0 unspecified atom stereocenters. The Morgan fingerprint density at radius 3 is 2.88 bits per heavy atom. The molecule has 130 valence electrons. The Hall–Kier alpha value is -2.63. The van der Waals surface area contributed by atoms with Crippen LogP contribution in [0.1, 0.15) is 27.2 Å². The van der Waals surface area contributed by atoms with E-state index in [1.807, 2.05) is 18.2 Å². The van der Waals surface area contributed by atoms with Crippen LogP contribution in [-0.4, -0.2) is 22.3 Å². The average molecular weight is 385 g/mol. The van der Waals surface area contributed by atoms with Gasteiger partial charge >= 0.3 is 0 Å². The van der Waals surface area contributed by atoms with Crippen LogP contribution in [-0.2, 0) is 12.8 Å².